The van der Waals surface area contributed by atoms with Crippen LogP contribution in [0.4, 0.5) is 0 Å². The molecule has 3 aliphatic rings. The van der Waals surface area contributed by atoms with E-state index in [2.05, 4.69) is 59.0 Å². The number of rotatable bonds is 4. The van der Waals surface area contributed by atoms with E-state index in [-0.39, 0.29) is 16.2 Å². The lowest BCUT2D eigenvalue weighted by atomic mass is 9.53. The summed E-state index contributed by atoms with van der Waals surface area (Å²) in [4.78, 5) is 0. The van der Waals surface area contributed by atoms with Crippen LogP contribution in [0.1, 0.15) is 76.8 Å². The molecular formula is C25H41NO4SSi. The second-order valence-corrected chi connectivity index (χ2v) is 18.8. The summed E-state index contributed by atoms with van der Waals surface area (Å²) < 4.78 is 30.3. The maximum Gasteiger partial charge on any atom is 0.250 e. The second kappa shape index (κ2) is 7.55. The number of aryl methyl sites for hydroxylation is 1. The Balaban J connectivity index is 1.58. The molecule has 2 saturated carbocycles. The smallest absolute Gasteiger partial charge is 0.250 e. The van der Waals surface area contributed by atoms with Crippen LogP contribution in [-0.2, 0) is 16.4 Å². The Labute approximate surface area is 195 Å². The van der Waals surface area contributed by atoms with E-state index in [0.717, 1.165) is 37.9 Å². The fourth-order valence-corrected chi connectivity index (χ4v) is 8.91. The molecule has 3 aliphatic carbocycles. The molecule has 0 heterocycles. The minimum absolute atomic E-state index is 0.165. The van der Waals surface area contributed by atoms with Crippen LogP contribution in [0.15, 0.2) is 18.2 Å². The number of aliphatic hydroxyl groups is 1. The SMILES string of the molecule is CC(C)(C)[Si](C)(C)Oc1ccc2c(c1)CC[C@@H]1[C@@H]2CC[C@@]2(C)[C@H]1CC[C@@]2(O)CS(N)(=O)=O. The highest BCUT2D eigenvalue weighted by Gasteiger charge is 2.62. The summed E-state index contributed by atoms with van der Waals surface area (Å²) in [5, 5.41) is 16.9. The largest absolute Gasteiger partial charge is 0.543 e. The minimum atomic E-state index is -3.72. The molecule has 0 aliphatic heterocycles. The van der Waals surface area contributed by atoms with Gasteiger partial charge in [-0.2, -0.15) is 0 Å². The summed E-state index contributed by atoms with van der Waals surface area (Å²) in [6.45, 7) is 13.5. The Hall–Kier alpha value is -0.893. The summed E-state index contributed by atoms with van der Waals surface area (Å²) in [6.07, 6.45) is 5.34. The van der Waals surface area contributed by atoms with Crippen LogP contribution >= 0.6 is 0 Å². The van der Waals surface area contributed by atoms with Crippen molar-refractivity contribution in [3.8, 4) is 5.75 Å². The predicted molar refractivity (Wildman–Crippen MR) is 132 cm³/mol. The first-order chi connectivity index (χ1) is 14.6. The van der Waals surface area contributed by atoms with Gasteiger partial charge in [0, 0.05) is 5.41 Å². The van der Waals surface area contributed by atoms with E-state index in [9.17, 15) is 13.5 Å². The zero-order valence-corrected chi connectivity index (χ0v) is 22.4. The molecule has 2 fully saturated rings. The average Bonchev–Trinajstić information content (AvgIpc) is 2.89. The Kier molecular flexibility index (Phi) is 5.72. The summed E-state index contributed by atoms with van der Waals surface area (Å²) in [6, 6.07) is 6.70. The van der Waals surface area contributed by atoms with Gasteiger partial charge in [0.2, 0.25) is 18.3 Å². The van der Waals surface area contributed by atoms with Crippen LogP contribution in [0, 0.1) is 17.3 Å². The zero-order chi connectivity index (χ0) is 23.7. The number of hydrogen-bond acceptors (Lipinski definition) is 4. The first-order valence-corrected chi connectivity index (χ1v) is 16.7. The highest BCUT2D eigenvalue weighted by molar-refractivity contribution is 7.89. The molecule has 1 aromatic carbocycles. The quantitative estimate of drug-likeness (QED) is 0.598. The molecule has 7 heteroatoms. The van der Waals surface area contributed by atoms with Gasteiger partial charge in [0.25, 0.3) is 0 Å². The molecule has 1 aromatic rings. The molecule has 0 unspecified atom stereocenters. The molecule has 0 saturated heterocycles. The number of benzene rings is 1. The highest BCUT2D eigenvalue weighted by atomic mass is 32.2. The van der Waals surface area contributed by atoms with E-state index in [0.29, 0.717) is 24.2 Å². The van der Waals surface area contributed by atoms with E-state index in [1.54, 1.807) is 0 Å². The lowest BCUT2D eigenvalue weighted by Crippen LogP contribution is -2.54. The van der Waals surface area contributed by atoms with Crippen LogP contribution < -0.4 is 9.56 Å². The summed E-state index contributed by atoms with van der Waals surface area (Å²) in [5.41, 5.74) is 1.25. The number of hydrogen-bond donors (Lipinski definition) is 2. The lowest BCUT2D eigenvalue weighted by Gasteiger charge is -2.53. The molecule has 0 spiro atoms. The van der Waals surface area contributed by atoms with E-state index in [1.165, 1.54) is 11.1 Å². The van der Waals surface area contributed by atoms with Gasteiger partial charge in [-0.3, -0.25) is 0 Å². The molecule has 32 heavy (non-hydrogen) atoms. The van der Waals surface area contributed by atoms with Gasteiger partial charge < -0.3 is 9.53 Å². The molecule has 0 bridgehead atoms. The van der Waals surface area contributed by atoms with Gasteiger partial charge in [-0.05, 0) is 97.7 Å². The van der Waals surface area contributed by atoms with Gasteiger partial charge in [-0.15, -0.1) is 0 Å². The zero-order valence-electron chi connectivity index (χ0n) is 20.6. The molecular weight excluding hydrogens is 438 g/mol. The second-order valence-electron chi connectivity index (χ2n) is 12.5. The van der Waals surface area contributed by atoms with Crippen molar-refractivity contribution in [1.29, 1.82) is 0 Å². The van der Waals surface area contributed by atoms with Crippen LogP contribution in [-0.4, -0.2) is 33.2 Å². The maximum absolute atomic E-state index is 11.9. The monoisotopic (exact) mass is 479 g/mol. The molecule has 0 aromatic heterocycles. The van der Waals surface area contributed by atoms with Gasteiger partial charge in [0.1, 0.15) is 5.75 Å². The van der Waals surface area contributed by atoms with Gasteiger partial charge in [-0.25, -0.2) is 13.6 Å². The fraction of sp³-hybridized carbons (Fsp3) is 0.760. The third-order valence-corrected chi connectivity index (χ3v) is 14.9. The van der Waals surface area contributed by atoms with Gasteiger partial charge >= 0.3 is 0 Å². The number of fused-ring (bicyclic) bond motifs is 5. The molecule has 5 atom stereocenters. The predicted octanol–water partition coefficient (Wildman–Crippen LogP) is 4.95. The lowest BCUT2D eigenvalue weighted by molar-refractivity contribution is -0.0877. The van der Waals surface area contributed by atoms with Crippen molar-refractivity contribution in [2.24, 2.45) is 22.4 Å². The van der Waals surface area contributed by atoms with E-state index in [4.69, 9.17) is 9.56 Å². The molecule has 5 nitrogen and oxygen atoms in total. The van der Waals surface area contributed by atoms with Crippen LogP contribution in [0.3, 0.4) is 0 Å². The fourth-order valence-electron chi connectivity index (χ4n) is 6.75. The molecule has 0 radical (unpaired) electrons. The van der Waals surface area contributed by atoms with Crippen molar-refractivity contribution in [2.45, 2.75) is 95.9 Å². The molecule has 4 rings (SSSR count). The Morgan fingerprint density at radius 3 is 2.50 bits per heavy atom. The summed E-state index contributed by atoms with van der Waals surface area (Å²) in [7, 11) is -5.60. The average molecular weight is 480 g/mol. The van der Waals surface area contributed by atoms with Gasteiger partial charge in [0.15, 0.2) is 0 Å². The van der Waals surface area contributed by atoms with Crippen molar-refractivity contribution < 1.29 is 18.0 Å². The summed E-state index contributed by atoms with van der Waals surface area (Å²) >= 11 is 0. The molecule has 3 N–H and O–H groups in total. The summed E-state index contributed by atoms with van der Waals surface area (Å²) in [5.74, 6) is 1.98. The van der Waals surface area contributed by atoms with Gasteiger partial charge in [-0.1, -0.05) is 33.8 Å². The van der Waals surface area contributed by atoms with Crippen molar-refractivity contribution in [2.75, 3.05) is 5.75 Å². The maximum atomic E-state index is 11.9. The first-order valence-electron chi connectivity index (χ1n) is 12.1. The van der Waals surface area contributed by atoms with Crippen molar-refractivity contribution >= 4 is 18.3 Å². The van der Waals surface area contributed by atoms with Crippen molar-refractivity contribution in [3.63, 3.8) is 0 Å². The third-order valence-electron chi connectivity index (χ3n) is 9.64. The number of nitrogens with two attached hydrogens (primary N) is 1. The highest BCUT2D eigenvalue weighted by Crippen LogP contribution is 2.64. The van der Waals surface area contributed by atoms with Crippen LogP contribution in [0.5, 0.6) is 5.75 Å². The van der Waals surface area contributed by atoms with E-state index >= 15 is 0 Å². The van der Waals surface area contributed by atoms with E-state index < -0.39 is 23.9 Å². The molecule has 180 valence electrons. The Morgan fingerprint density at radius 1 is 1.19 bits per heavy atom. The topological polar surface area (TPSA) is 89.6 Å². The Morgan fingerprint density at radius 2 is 1.88 bits per heavy atom. The molecule has 0 amide bonds. The number of sulfonamides is 1. The van der Waals surface area contributed by atoms with E-state index in [1.807, 2.05) is 0 Å². The van der Waals surface area contributed by atoms with Crippen molar-refractivity contribution in [1.82, 2.24) is 0 Å². The van der Waals surface area contributed by atoms with Gasteiger partial charge in [0.05, 0.1) is 11.4 Å². The first kappa shape index (κ1) is 24.2. The Bertz CT molecular complexity index is 1000. The standard InChI is InChI=1S/C25H41NO4SSi/c1-23(2,3)32(5,6)30-18-8-10-19-17(15-18)7-9-21-20(19)11-13-24(4)22(21)12-14-25(24,27)16-31(26,28)29/h8,10,15,20-22,27H,7,9,11-14,16H2,1-6H3,(H2,26,28,29)/t20-,21-,22+,24+,25-/m1/s1. The number of primary sulfonamides is 1. The normalized spacial score (nSPS) is 35.1. The van der Waals surface area contributed by atoms with Crippen molar-refractivity contribution in [3.05, 3.63) is 29.3 Å². The third kappa shape index (κ3) is 3.97. The minimum Gasteiger partial charge on any atom is -0.543 e. The van der Waals surface area contributed by atoms with Crippen LogP contribution in [0.2, 0.25) is 18.1 Å². The van der Waals surface area contributed by atoms with Crippen LogP contribution in [0.25, 0.3) is 0 Å².